The predicted molar refractivity (Wildman–Crippen MR) is 152 cm³/mol. The van der Waals surface area contributed by atoms with Crippen molar-refractivity contribution in [2.45, 2.75) is 117 Å². The lowest BCUT2D eigenvalue weighted by Gasteiger charge is -2.58. The van der Waals surface area contributed by atoms with Gasteiger partial charge in [-0.2, -0.15) is 0 Å². The number of carbonyl (C=O) groups excluding carboxylic acids is 3. The van der Waals surface area contributed by atoms with E-state index < -0.39 is 11.8 Å². The summed E-state index contributed by atoms with van der Waals surface area (Å²) in [6, 6.07) is -0.216. The zero-order chi connectivity index (χ0) is 28.9. The fourth-order valence-corrected chi connectivity index (χ4v) is 9.18. The van der Waals surface area contributed by atoms with Gasteiger partial charge in [0.25, 0.3) is 0 Å². The van der Waals surface area contributed by atoms with Crippen molar-refractivity contribution in [1.82, 2.24) is 4.90 Å². The van der Waals surface area contributed by atoms with Crippen LogP contribution in [0.4, 0.5) is 9.59 Å². The number of ketones is 1. The Bertz CT molecular complexity index is 1090. The standard InChI is InChI=1S/C32H48N2O6/c1-20(33-40-29(37)38-19-22-8-7-17-34(22)28(36)39-30(2,3)4)25-11-12-26-24-10-9-21-18-23(35)13-15-31(21,5)27(24)14-16-32(25,26)6/h18,22,24-27H,7-17,19H2,1-6H3/b33-20+/t22-,24-,25+,26-,27-,31-,32+/m0/s1. The maximum absolute atomic E-state index is 12.5. The summed E-state index contributed by atoms with van der Waals surface area (Å²) in [4.78, 5) is 43.9. The Labute approximate surface area is 239 Å². The Morgan fingerprint density at radius 3 is 2.58 bits per heavy atom. The van der Waals surface area contributed by atoms with Crippen molar-refractivity contribution < 1.29 is 28.7 Å². The fraction of sp³-hybridized carbons (Fsp3) is 0.812. The van der Waals surface area contributed by atoms with E-state index in [9.17, 15) is 14.4 Å². The summed E-state index contributed by atoms with van der Waals surface area (Å²) in [5, 5.41) is 4.27. The third-order valence-corrected chi connectivity index (χ3v) is 11.1. The average Bonchev–Trinajstić information content (AvgIpc) is 3.49. The number of hydrogen-bond acceptors (Lipinski definition) is 7. The summed E-state index contributed by atoms with van der Waals surface area (Å²) in [5.41, 5.74) is 2.01. The second-order valence-electron chi connectivity index (χ2n) is 14.5. The van der Waals surface area contributed by atoms with Crippen LogP contribution in [0.2, 0.25) is 0 Å². The van der Waals surface area contributed by atoms with Crippen molar-refractivity contribution in [3.63, 3.8) is 0 Å². The summed E-state index contributed by atoms with van der Waals surface area (Å²) in [6.07, 6.45) is 10.8. The van der Waals surface area contributed by atoms with Crippen LogP contribution < -0.4 is 0 Å². The zero-order valence-electron chi connectivity index (χ0n) is 25.3. The SMILES string of the molecule is C/C(=N\OC(=O)OC[C@@H]1CCCN1C(=O)OC(C)(C)C)[C@H]1CC[C@H]2[C@@H]3CCC4=CC(=O)CC[C@]4(C)[C@H]3CC[C@]12C. The summed E-state index contributed by atoms with van der Waals surface area (Å²) in [7, 11) is 0. The molecule has 0 aromatic heterocycles. The van der Waals surface area contributed by atoms with Crippen molar-refractivity contribution in [3.8, 4) is 0 Å². The zero-order valence-corrected chi connectivity index (χ0v) is 25.3. The van der Waals surface area contributed by atoms with Crippen LogP contribution in [-0.2, 0) is 19.1 Å². The number of rotatable bonds is 4. The van der Waals surface area contributed by atoms with Crippen LogP contribution in [0.25, 0.3) is 0 Å². The number of allylic oxidation sites excluding steroid dienone is 1. The van der Waals surface area contributed by atoms with Crippen LogP contribution in [0.1, 0.15) is 106 Å². The van der Waals surface area contributed by atoms with Gasteiger partial charge in [0, 0.05) is 18.9 Å². The van der Waals surface area contributed by atoms with E-state index in [1.165, 1.54) is 24.8 Å². The second-order valence-corrected chi connectivity index (χ2v) is 14.5. The lowest BCUT2D eigenvalue weighted by atomic mass is 9.46. The first kappa shape index (κ1) is 29.1. The van der Waals surface area contributed by atoms with Crippen molar-refractivity contribution in [2.24, 2.45) is 39.7 Å². The van der Waals surface area contributed by atoms with Gasteiger partial charge in [-0.05, 0) is 120 Å². The van der Waals surface area contributed by atoms with Gasteiger partial charge >= 0.3 is 12.2 Å². The molecule has 1 saturated heterocycles. The van der Waals surface area contributed by atoms with Gasteiger partial charge in [0.05, 0.1) is 11.8 Å². The number of ether oxygens (including phenoxy) is 2. The summed E-state index contributed by atoms with van der Waals surface area (Å²) >= 11 is 0. The van der Waals surface area contributed by atoms with Crippen LogP contribution in [0, 0.1) is 34.5 Å². The first-order valence-electron chi connectivity index (χ1n) is 15.4. The molecule has 8 heteroatoms. The highest BCUT2D eigenvalue weighted by atomic mass is 16.8. The third kappa shape index (κ3) is 5.44. The minimum absolute atomic E-state index is 0.0692. The van der Waals surface area contributed by atoms with Crippen LogP contribution in [0.5, 0.6) is 0 Å². The maximum Gasteiger partial charge on any atom is 0.535 e. The molecule has 3 saturated carbocycles. The highest BCUT2D eigenvalue weighted by Gasteiger charge is 2.59. The fourth-order valence-electron chi connectivity index (χ4n) is 9.18. The molecule has 5 aliphatic rings. The molecule has 0 N–H and O–H groups in total. The molecule has 40 heavy (non-hydrogen) atoms. The van der Waals surface area contributed by atoms with Crippen molar-refractivity contribution in [3.05, 3.63) is 11.6 Å². The predicted octanol–water partition coefficient (Wildman–Crippen LogP) is 7.06. The van der Waals surface area contributed by atoms with Gasteiger partial charge in [-0.1, -0.05) is 24.6 Å². The van der Waals surface area contributed by atoms with Crippen LogP contribution >= 0.6 is 0 Å². The third-order valence-electron chi connectivity index (χ3n) is 11.1. The number of likely N-dealkylation sites (tertiary alicyclic amines) is 1. The number of oxime groups is 1. The molecule has 4 fully saturated rings. The first-order chi connectivity index (χ1) is 18.8. The summed E-state index contributed by atoms with van der Waals surface area (Å²) in [6.45, 7) is 13.0. The molecule has 1 aliphatic heterocycles. The molecule has 4 aliphatic carbocycles. The molecule has 0 unspecified atom stereocenters. The normalized spacial score (nSPS) is 37.7. The second kappa shape index (κ2) is 10.8. The smallest absolute Gasteiger partial charge is 0.444 e. The van der Waals surface area contributed by atoms with E-state index in [1.807, 2.05) is 33.8 Å². The van der Waals surface area contributed by atoms with E-state index in [4.69, 9.17) is 14.3 Å². The molecule has 0 aromatic rings. The van der Waals surface area contributed by atoms with E-state index in [2.05, 4.69) is 19.0 Å². The molecule has 222 valence electrons. The number of hydrogen-bond donors (Lipinski definition) is 0. The molecule has 0 spiro atoms. The van der Waals surface area contributed by atoms with E-state index >= 15 is 0 Å². The van der Waals surface area contributed by atoms with Gasteiger partial charge < -0.3 is 14.4 Å². The minimum Gasteiger partial charge on any atom is -0.444 e. The summed E-state index contributed by atoms with van der Waals surface area (Å²) in [5.74, 6) is 2.54. The van der Waals surface area contributed by atoms with E-state index in [-0.39, 0.29) is 35.5 Å². The molecular weight excluding hydrogens is 508 g/mol. The molecule has 8 nitrogen and oxygen atoms in total. The van der Waals surface area contributed by atoms with E-state index in [0.29, 0.717) is 36.5 Å². The maximum atomic E-state index is 12.5. The quantitative estimate of drug-likeness (QED) is 0.159. The van der Waals surface area contributed by atoms with E-state index in [1.54, 1.807) is 4.90 Å². The van der Waals surface area contributed by atoms with Gasteiger partial charge in [0.15, 0.2) is 5.78 Å². The lowest BCUT2D eigenvalue weighted by Crippen LogP contribution is -2.51. The molecule has 0 radical (unpaired) electrons. The molecule has 1 heterocycles. The Morgan fingerprint density at radius 2 is 1.82 bits per heavy atom. The topological polar surface area (TPSA) is 94.5 Å². The van der Waals surface area contributed by atoms with Gasteiger partial charge in [0.1, 0.15) is 12.2 Å². The number of nitrogens with zero attached hydrogens (tertiary/aromatic N) is 2. The van der Waals surface area contributed by atoms with Gasteiger partial charge in [-0.3, -0.25) is 9.63 Å². The molecule has 0 bridgehead atoms. The minimum atomic E-state index is -0.829. The number of fused-ring (bicyclic) bond motifs is 5. The Kier molecular flexibility index (Phi) is 7.86. The van der Waals surface area contributed by atoms with Crippen LogP contribution in [0.15, 0.2) is 16.8 Å². The van der Waals surface area contributed by atoms with E-state index in [0.717, 1.165) is 44.2 Å². The molecule has 0 aromatic carbocycles. The van der Waals surface area contributed by atoms with Crippen molar-refractivity contribution >= 4 is 23.7 Å². The largest absolute Gasteiger partial charge is 0.535 e. The Hall–Kier alpha value is -2.38. The van der Waals surface area contributed by atoms with Crippen LogP contribution in [0.3, 0.4) is 0 Å². The van der Waals surface area contributed by atoms with Gasteiger partial charge in [-0.25, -0.2) is 9.59 Å². The van der Waals surface area contributed by atoms with Crippen molar-refractivity contribution in [2.75, 3.05) is 13.2 Å². The molecule has 1 amide bonds. The molecule has 7 atom stereocenters. The molecular formula is C32H48N2O6. The summed E-state index contributed by atoms with van der Waals surface area (Å²) < 4.78 is 10.9. The Morgan fingerprint density at radius 1 is 1.05 bits per heavy atom. The molecule has 5 rings (SSSR count). The Balaban J connectivity index is 1.17. The highest BCUT2D eigenvalue weighted by molar-refractivity contribution is 5.91. The monoisotopic (exact) mass is 556 g/mol. The van der Waals surface area contributed by atoms with Gasteiger partial charge in [0.2, 0.25) is 0 Å². The average molecular weight is 557 g/mol. The van der Waals surface area contributed by atoms with Gasteiger partial charge in [-0.15, -0.1) is 0 Å². The number of amides is 1. The number of carbonyl (C=O) groups is 3. The lowest BCUT2D eigenvalue weighted by molar-refractivity contribution is -0.117. The van der Waals surface area contributed by atoms with Crippen LogP contribution in [-0.4, -0.2) is 53.4 Å². The highest BCUT2D eigenvalue weighted by Crippen LogP contribution is 2.66. The first-order valence-corrected chi connectivity index (χ1v) is 15.4. The van der Waals surface area contributed by atoms with Crippen molar-refractivity contribution in [1.29, 1.82) is 0 Å².